The first-order valence-corrected chi connectivity index (χ1v) is 8.79. The minimum absolute atomic E-state index is 0. The lowest BCUT2D eigenvalue weighted by Crippen LogP contribution is -2.30. The highest BCUT2D eigenvalue weighted by atomic mass is 35.5. The zero-order valence-electron chi connectivity index (χ0n) is 14.4. The lowest BCUT2D eigenvalue weighted by atomic mass is 10.1. The number of amides is 1. The van der Waals surface area contributed by atoms with Gasteiger partial charge in [0.25, 0.3) is 11.6 Å². The molecule has 8 nitrogen and oxygen atoms in total. The smallest absolute Gasteiger partial charge is 0.274 e. The molecule has 146 valence electrons. The summed E-state index contributed by atoms with van der Waals surface area (Å²) in [5.74, 6) is 0.279. The van der Waals surface area contributed by atoms with Gasteiger partial charge in [0.1, 0.15) is 5.69 Å². The number of nitro groups is 1. The largest absolute Gasteiger partial charge is 0.337 e. The third-order valence-electron chi connectivity index (χ3n) is 4.32. The van der Waals surface area contributed by atoms with E-state index in [1.165, 1.54) is 16.8 Å². The monoisotopic (exact) mass is 433 g/mol. The van der Waals surface area contributed by atoms with Crippen LogP contribution in [0.25, 0.3) is 5.69 Å². The van der Waals surface area contributed by atoms with Crippen LogP contribution in [-0.2, 0) is 0 Å². The Morgan fingerprint density at radius 3 is 2.67 bits per heavy atom. The summed E-state index contributed by atoms with van der Waals surface area (Å²) in [6.45, 7) is 2.24. The van der Waals surface area contributed by atoms with Gasteiger partial charge < -0.3 is 10.2 Å². The van der Waals surface area contributed by atoms with Crippen LogP contribution in [0.1, 0.15) is 16.9 Å². The van der Waals surface area contributed by atoms with Crippen LogP contribution >= 0.6 is 35.6 Å². The van der Waals surface area contributed by atoms with Crippen molar-refractivity contribution in [3.63, 3.8) is 0 Å². The van der Waals surface area contributed by atoms with Gasteiger partial charge in [-0.2, -0.15) is 5.10 Å². The first-order chi connectivity index (χ1) is 12.4. The number of hydrogen-bond acceptors (Lipinski definition) is 5. The Morgan fingerprint density at radius 1 is 1.41 bits per heavy atom. The zero-order valence-corrected chi connectivity index (χ0v) is 16.7. The normalized spacial score (nSPS) is 16.3. The van der Waals surface area contributed by atoms with Gasteiger partial charge in [0.2, 0.25) is 0 Å². The standard InChI is InChI=1S/C16H17Cl2N5O3.ClH/c1-19-8-10-2-4-21(9-10)16(24)14-3-5-22(20-14)15-12(17)6-11(23(25)26)7-13(15)18;/h3,5-7,10,19H,2,4,8-9H2,1H3;1H. The van der Waals surface area contributed by atoms with E-state index in [9.17, 15) is 14.9 Å². The van der Waals surface area contributed by atoms with E-state index in [1.807, 2.05) is 7.05 Å². The van der Waals surface area contributed by atoms with Crippen molar-refractivity contribution in [3.8, 4) is 5.69 Å². The van der Waals surface area contributed by atoms with Crippen LogP contribution in [-0.4, -0.2) is 52.2 Å². The van der Waals surface area contributed by atoms with Gasteiger partial charge in [-0.25, -0.2) is 4.68 Å². The Hall–Kier alpha value is -1.87. The first kappa shape index (κ1) is 21.4. The number of halogens is 3. The molecule has 1 amide bonds. The first-order valence-electron chi connectivity index (χ1n) is 8.04. The maximum Gasteiger partial charge on any atom is 0.274 e. The molecule has 1 saturated heterocycles. The summed E-state index contributed by atoms with van der Waals surface area (Å²) < 4.78 is 1.36. The second-order valence-corrected chi connectivity index (χ2v) is 6.94. The fourth-order valence-corrected chi connectivity index (χ4v) is 3.72. The molecule has 1 aliphatic heterocycles. The van der Waals surface area contributed by atoms with Crippen molar-refractivity contribution in [1.82, 2.24) is 20.0 Å². The van der Waals surface area contributed by atoms with Gasteiger partial charge >= 0.3 is 0 Å². The SMILES string of the molecule is CNCC1CCN(C(=O)c2ccn(-c3c(Cl)cc([N+](=O)[O-])cc3Cl)n2)C1.Cl. The number of aromatic nitrogens is 2. The van der Waals surface area contributed by atoms with Crippen molar-refractivity contribution in [2.75, 3.05) is 26.7 Å². The van der Waals surface area contributed by atoms with Gasteiger partial charge in [-0.05, 0) is 32.0 Å². The lowest BCUT2D eigenvalue weighted by Gasteiger charge is -2.15. The number of carbonyl (C=O) groups excluding carboxylic acids is 1. The Kier molecular flexibility index (Phi) is 7.05. The summed E-state index contributed by atoms with van der Waals surface area (Å²) in [4.78, 5) is 24.7. The number of hydrogen-bond donors (Lipinski definition) is 1. The maximum atomic E-state index is 12.6. The quantitative estimate of drug-likeness (QED) is 0.576. The molecule has 27 heavy (non-hydrogen) atoms. The van der Waals surface area contributed by atoms with Crippen molar-refractivity contribution in [2.45, 2.75) is 6.42 Å². The number of nitro benzene ring substituents is 1. The molecule has 1 aromatic heterocycles. The van der Waals surface area contributed by atoms with Gasteiger partial charge in [-0.1, -0.05) is 23.2 Å². The van der Waals surface area contributed by atoms with Crippen LogP contribution in [0.15, 0.2) is 24.4 Å². The summed E-state index contributed by atoms with van der Waals surface area (Å²) in [5, 5.41) is 18.4. The average molecular weight is 435 g/mol. The van der Waals surface area contributed by atoms with Crippen molar-refractivity contribution in [2.24, 2.45) is 5.92 Å². The van der Waals surface area contributed by atoms with E-state index in [0.29, 0.717) is 24.7 Å². The molecule has 1 unspecified atom stereocenters. The number of likely N-dealkylation sites (tertiary alicyclic amines) is 1. The third-order valence-corrected chi connectivity index (χ3v) is 4.89. The number of nitrogens with zero attached hydrogens (tertiary/aromatic N) is 4. The molecule has 1 N–H and O–H groups in total. The third kappa shape index (κ3) is 4.52. The second-order valence-electron chi connectivity index (χ2n) is 6.12. The average Bonchev–Trinajstić information content (AvgIpc) is 3.23. The van der Waals surface area contributed by atoms with Crippen LogP contribution < -0.4 is 5.32 Å². The van der Waals surface area contributed by atoms with E-state index in [-0.39, 0.29) is 39.7 Å². The molecule has 2 aromatic rings. The molecule has 2 heterocycles. The number of benzene rings is 1. The number of nitrogens with one attached hydrogen (secondary N) is 1. The Morgan fingerprint density at radius 2 is 2.07 bits per heavy atom. The molecule has 0 radical (unpaired) electrons. The number of carbonyl (C=O) groups is 1. The van der Waals surface area contributed by atoms with Crippen molar-refractivity contribution < 1.29 is 9.72 Å². The molecule has 0 bridgehead atoms. The fourth-order valence-electron chi connectivity index (χ4n) is 3.07. The molecule has 1 aromatic carbocycles. The van der Waals surface area contributed by atoms with E-state index in [0.717, 1.165) is 13.0 Å². The van der Waals surface area contributed by atoms with Crippen molar-refractivity contribution in [1.29, 1.82) is 0 Å². The van der Waals surface area contributed by atoms with Crippen molar-refractivity contribution in [3.05, 3.63) is 50.2 Å². The van der Waals surface area contributed by atoms with Gasteiger partial charge in [0.05, 0.1) is 15.0 Å². The topological polar surface area (TPSA) is 93.3 Å². The van der Waals surface area contributed by atoms with Gasteiger partial charge in [-0.3, -0.25) is 14.9 Å². The highest BCUT2D eigenvalue weighted by Crippen LogP contribution is 2.33. The van der Waals surface area contributed by atoms with Gasteiger partial charge in [0.15, 0.2) is 5.69 Å². The molecule has 0 saturated carbocycles. The predicted molar refractivity (Wildman–Crippen MR) is 105 cm³/mol. The minimum Gasteiger partial charge on any atom is -0.337 e. The van der Waals surface area contributed by atoms with Crippen molar-refractivity contribution >= 4 is 47.2 Å². The summed E-state index contributed by atoms with van der Waals surface area (Å²) in [6.07, 6.45) is 2.51. The van der Waals surface area contributed by atoms with E-state index in [4.69, 9.17) is 23.2 Å². The molecule has 11 heteroatoms. The van der Waals surface area contributed by atoms with Crippen LogP contribution in [0.4, 0.5) is 5.69 Å². The second kappa shape index (κ2) is 8.88. The van der Waals surface area contributed by atoms with E-state index in [2.05, 4.69) is 10.4 Å². The minimum atomic E-state index is -0.575. The van der Waals surface area contributed by atoms with E-state index in [1.54, 1.807) is 17.2 Å². The highest BCUT2D eigenvalue weighted by Gasteiger charge is 2.28. The number of rotatable bonds is 5. The summed E-state index contributed by atoms with van der Waals surface area (Å²) in [5.41, 5.74) is 0.368. The van der Waals surface area contributed by atoms with Crippen LogP contribution in [0.2, 0.25) is 10.0 Å². The highest BCUT2D eigenvalue weighted by molar-refractivity contribution is 6.38. The van der Waals surface area contributed by atoms with Gasteiger partial charge in [0, 0.05) is 31.4 Å². The number of non-ortho nitro benzene ring substituents is 1. The lowest BCUT2D eigenvalue weighted by molar-refractivity contribution is -0.384. The molecule has 0 spiro atoms. The molecule has 1 atom stereocenters. The molecule has 1 aliphatic rings. The molecular formula is C16H18Cl3N5O3. The van der Waals surface area contributed by atoms with Gasteiger partial charge in [-0.15, -0.1) is 12.4 Å². The maximum absolute atomic E-state index is 12.6. The molecular weight excluding hydrogens is 417 g/mol. The Bertz CT molecular complexity index is 835. The van der Waals surface area contributed by atoms with E-state index >= 15 is 0 Å². The molecule has 1 fully saturated rings. The van der Waals surface area contributed by atoms with E-state index < -0.39 is 4.92 Å². The fraction of sp³-hybridized carbons (Fsp3) is 0.375. The predicted octanol–water partition coefficient (Wildman–Crippen LogP) is 3.19. The summed E-state index contributed by atoms with van der Waals surface area (Å²) >= 11 is 12.3. The van der Waals surface area contributed by atoms with Crippen LogP contribution in [0.3, 0.4) is 0 Å². The Balaban J connectivity index is 0.00000261. The summed E-state index contributed by atoms with van der Waals surface area (Å²) in [7, 11) is 1.89. The van der Waals surface area contributed by atoms with Crippen LogP contribution in [0.5, 0.6) is 0 Å². The molecule has 0 aliphatic carbocycles. The molecule has 3 rings (SSSR count). The Labute approximate surface area is 172 Å². The van der Waals surface area contributed by atoms with Crippen LogP contribution in [0, 0.1) is 16.0 Å². The zero-order chi connectivity index (χ0) is 18.8. The summed E-state index contributed by atoms with van der Waals surface area (Å²) in [6, 6.07) is 3.99.